The molecule has 0 bridgehead atoms. The minimum atomic E-state index is -0.556. The summed E-state index contributed by atoms with van der Waals surface area (Å²) in [5.41, 5.74) is 1.81. The van der Waals surface area contributed by atoms with Gasteiger partial charge in [0, 0.05) is 14.8 Å². The molecule has 0 unspecified atom stereocenters. The Bertz CT molecular complexity index is 867. The average Bonchev–Trinajstić information content (AvgIpc) is 2.60. The third-order valence-corrected chi connectivity index (χ3v) is 4.70. The number of ether oxygens (including phenoxy) is 1. The summed E-state index contributed by atoms with van der Waals surface area (Å²) in [5.74, 6) is 0.481. The first-order chi connectivity index (χ1) is 12.1. The van der Waals surface area contributed by atoms with Crippen molar-refractivity contribution in [2.75, 3.05) is 5.32 Å². The van der Waals surface area contributed by atoms with Crippen LogP contribution in [-0.2, 0) is 0 Å². The summed E-state index contributed by atoms with van der Waals surface area (Å²) in [7, 11) is 0. The van der Waals surface area contributed by atoms with Gasteiger partial charge in [0.25, 0.3) is 0 Å². The van der Waals surface area contributed by atoms with Crippen molar-refractivity contribution in [3.63, 3.8) is 0 Å². The highest BCUT2D eigenvalue weighted by Crippen LogP contribution is 2.35. The number of carbonyl (C=O) groups is 1. The van der Waals surface area contributed by atoms with E-state index in [-0.39, 0.29) is 0 Å². The lowest BCUT2D eigenvalue weighted by atomic mass is 10.2. The zero-order valence-corrected chi connectivity index (χ0v) is 15.1. The van der Waals surface area contributed by atoms with Crippen molar-refractivity contribution in [2.24, 2.45) is 0 Å². The molecule has 0 aromatic heterocycles. The van der Waals surface area contributed by atoms with E-state index in [0.717, 1.165) is 9.79 Å². The second kappa shape index (κ2) is 8.10. The summed E-state index contributed by atoms with van der Waals surface area (Å²) < 4.78 is 5.28. The molecule has 3 aromatic rings. The third kappa shape index (κ3) is 5.02. The number of nitrogens with one attached hydrogen (secondary N) is 1. The highest BCUT2D eigenvalue weighted by atomic mass is 35.5. The maximum atomic E-state index is 12.2. The largest absolute Gasteiger partial charge is 0.417 e. The lowest BCUT2D eigenvalue weighted by Crippen LogP contribution is -2.17. The van der Waals surface area contributed by atoms with Crippen molar-refractivity contribution < 1.29 is 9.53 Å². The fourth-order valence-corrected chi connectivity index (χ4v) is 3.21. The van der Waals surface area contributed by atoms with Crippen LogP contribution in [0.2, 0.25) is 5.02 Å². The summed E-state index contributed by atoms with van der Waals surface area (Å²) in [6.45, 7) is 2.04. The Labute approximate surface area is 156 Å². The molecule has 0 fully saturated rings. The van der Waals surface area contributed by atoms with Crippen LogP contribution >= 0.6 is 23.4 Å². The van der Waals surface area contributed by atoms with Crippen LogP contribution in [-0.4, -0.2) is 6.09 Å². The Morgan fingerprint density at radius 3 is 2.44 bits per heavy atom. The highest BCUT2D eigenvalue weighted by molar-refractivity contribution is 7.99. The number of rotatable bonds is 4. The van der Waals surface area contributed by atoms with Gasteiger partial charge in [0.1, 0.15) is 5.75 Å². The van der Waals surface area contributed by atoms with Crippen molar-refractivity contribution in [2.45, 2.75) is 16.7 Å². The van der Waals surface area contributed by atoms with E-state index >= 15 is 0 Å². The molecule has 0 heterocycles. The van der Waals surface area contributed by atoms with E-state index in [4.69, 9.17) is 16.3 Å². The molecule has 25 heavy (non-hydrogen) atoms. The predicted molar refractivity (Wildman–Crippen MR) is 103 cm³/mol. The predicted octanol–water partition coefficient (Wildman–Crippen LogP) is 6.41. The molecule has 0 atom stereocenters. The summed E-state index contributed by atoms with van der Waals surface area (Å²) >= 11 is 7.63. The lowest BCUT2D eigenvalue weighted by Gasteiger charge is -2.12. The molecule has 0 aliphatic heterocycles. The molecule has 0 saturated carbocycles. The Balaban J connectivity index is 1.76. The number of carbonyl (C=O) groups excluding carboxylic acids is 1. The fraction of sp³-hybridized carbons (Fsp3) is 0.0500. The fourth-order valence-electron chi connectivity index (χ4n) is 2.15. The Morgan fingerprint density at radius 1 is 1.00 bits per heavy atom. The minimum Gasteiger partial charge on any atom is -0.410 e. The standard InChI is InChI=1S/C20H16ClNO2S/c1-14-7-10-17(11-8-14)25-19-12-9-15(21)13-18(19)22-20(23)24-16-5-3-2-4-6-16/h2-13H,1H3,(H,22,23). The maximum Gasteiger partial charge on any atom is 0.417 e. The lowest BCUT2D eigenvalue weighted by molar-refractivity contribution is 0.215. The Morgan fingerprint density at radius 2 is 1.72 bits per heavy atom. The summed E-state index contributed by atoms with van der Waals surface area (Å²) in [4.78, 5) is 14.1. The van der Waals surface area contributed by atoms with E-state index in [1.807, 2.05) is 31.2 Å². The number of amides is 1. The molecule has 0 radical (unpaired) electrons. The maximum absolute atomic E-state index is 12.2. The number of para-hydroxylation sites is 1. The molecular formula is C20H16ClNO2S. The van der Waals surface area contributed by atoms with Crippen molar-refractivity contribution >= 4 is 35.1 Å². The van der Waals surface area contributed by atoms with E-state index in [1.165, 1.54) is 5.56 Å². The van der Waals surface area contributed by atoms with Gasteiger partial charge in [0.2, 0.25) is 0 Å². The van der Waals surface area contributed by atoms with Crippen LogP contribution in [0.5, 0.6) is 5.75 Å². The van der Waals surface area contributed by atoms with Gasteiger partial charge in [-0.05, 0) is 49.4 Å². The van der Waals surface area contributed by atoms with E-state index in [9.17, 15) is 4.79 Å². The minimum absolute atomic E-state index is 0.481. The van der Waals surface area contributed by atoms with Gasteiger partial charge in [-0.2, -0.15) is 0 Å². The SMILES string of the molecule is Cc1ccc(Sc2ccc(Cl)cc2NC(=O)Oc2ccccc2)cc1. The first kappa shape index (κ1) is 17.4. The Hall–Kier alpha value is -2.43. The van der Waals surface area contributed by atoms with E-state index in [2.05, 4.69) is 17.4 Å². The molecule has 3 rings (SSSR count). The normalized spacial score (nSPS) is 10.3. The van der Waals surface area contributed by atoms with Gasteiger partial charge in [-0.3, -0.25) is 5.32 Å². The second-order valence-electron chi connectivity index (χ2n) is 5.38. The molecule has 0 spiro atoms. The van der Waals surface area contributed by atoms with Crippen LogP contribution in [0.4, 0.5) is 10.5 Å². The van der Waals surface area contributed by atoms with Crippen molar-refractivity contribution in [1.29, 1.82) is 0 Å². The highest BCUT2D eigenvalue weighted by Gasteiger charge is 2.11. The number of anilines is 1. The zero-order chi connectivity index (χ0) is 17.6. The van der Waals surface area contributed by atoms with Crippen LogP contribution in [0.3, 0.4) is 0 Å². The van der Waals surface area contributed by atoms with Gasteiger partial charge >= 0.3 is 6.09 Å². The smallest absolute Gasteiger partial charge is 0.410 e. The molecule has 5 heteroatoms. The number of hydrogen-bond acceptors (Lipinski definition) is 3. The van der Waals surface area contributed by atoms with Gasteiger partial charge in [-0.1, -0.05) is 59.3 Å². The average molecular weight is 370 g/mol. The molecule has 0 aliphatic rings. The molecule has 0 saturated heterocycles. The summed E-state index contributed by atoms with van der Waals surface area (Å²) in [6.07, 6.45) is -0.556. The molecule has 126 valence electrons. The van der Waals surface area contributed by atoms with Gasteiger partial charge in [-0.15, -0.1) is 0 Å². The van der Waals surface area contributed by atoms with Gasteiger partial charge in [0.15, 0.2) is 0 Å². The summed E-state index contributed by atoms with van der Waals surface area (Å²) in [5, 5.41) is 3.31. The van der Waals surface area contributed by atoms with Crippen LogP contribution in [0.25, 0.3) is 0 Å². The molecule has 1 N–H and O–H groups in total. The van der Waals surface area contributed by atoms with Crippen LogP contribution in [0.1, 0.15) is 5.56 Å². The number of halogens is 1. The van der Waals surface area contributed by atoms with E-state index in [0.29, 0.717) is 16.5 Å². The van der Waals surface area contributed by atoms with Gasteiger partial charge in [-0.25, -0.2) is 4.79 Å². The molecule has 0 aliphatic carbocycles. The Kier molecular flexibility index (Phi) is 5.64. The first-order valence-electron chi connectivity index (χ1n) is 7.68. The van der Waals surface area contributed by atoms with Crippen molar-refractivity contribution in [3.8, 4) is 5.75 Å². The molecular weight excluding hydrogens is 354 g/mol. The van der Waals surface area contributed by atoms with Gasteiger partial charge < -0.3 is 4.74 Å². The van der Waals surface area contributed by atoms with E-state index < -0.39 is 6.09 Å². The zero-order valence-electron chi connectivity index (χ0n) is 13.5. The van der Waals surface area contributed by atoms with Crippen molar-refractivity contribution in [1.82, 2.24) is 0 Å². The molecule has 3 aromatic carbocycles. The topological polar surface area (TPSA) is 38.3 Å². The number of benzene rings is 3. The quantitative estimate of drug-likeness (QED) is 0.577. The van der Waals surface area contributed by atoms with Crippen LogP contribution in [0, 0.1) is 6.92 Å². The number of hydrogen-bond donors (Lipinski definition) is 1. The van der Waals surface area contributed by atoms with Gasteiger partial charge in [0.05, 0.1) is 5.69 Å². The molecule has 1 amide bonds. The number of aryl methyl sites for hydroxylation is 1. The monoisotopic (exact) mass is 369 g/mol. The summed E-state index contributed by atoms with van der Waals surface area (Å²) in [6, 6.07) is 22.5. The van der Waals surface area contributed by atoms with Crippen molar-refractivity contribution in [3.05, 3.63) is 83.4 Å². The second-order valence-corrected chi connectivity index (χ2v) is 6.93. The van der Waals surface area contributed by atoms with Crippen LogP contribution in [0.15, 0.2) is 82.6 Å². The molecule has 3 nitrogen and oxygen atoms in total. The van der Waals surface area contributed by atoms with E-state index in [1.54, 1.807) is 48.2 Å². The first-order valence-corrected chi connectivity index (χ1v) is 8.87. The third-order valence-electron chi connectivity index (χ3n) is 3.38. The van der Waals surface area contributed by atoms with Crippen LogP contribution < -0.4 is 10.1 Å².